The van der Waals surface area contributed by atoms with Crippen LogP contribution in [0.15, 0.2) is 54.6 Å². The van der Waals surface area contributed by atoms with E-state index >= 15 is 0 Å². The Labute approximate surface area is 141 Å². The maximum absolute atomic E-state index is 11.7. The molecule has 0 bridgehead atoms. The molecule has 128 valence electrons. The second-order valence-corrected chi connectivity index (χ2v) is 5.91. The zero-order valence-electron chi connectivity index (χ0n) is 13.8. The summed E-state index contributed by atoms with van der Waals surface area (Å²) in [7, 11) is 0. The van der Waals surface area contributed by atoms with Gasteiger partial charge in [-0.25, -0.2) is 4.79 Å². The fourth-order valence-corrected chi connectivity index (χ4v) is 2.20. The first-order valence-electron chi connectivity index (χ1n) is 7.75. The minimum absolute atomic E-state index is 0.0959. The van der Waals surface area contributed by atoms with Crippen molar-refractivity contribution in [1.82, 2.24) is 0 Å². The van der Waals surface area contributed by atoms with Crippen molar-refractivity contribution >= 4 is 5.97 Å². The number of rotatable bonds is 8. The van der Waals surface area contributed by atoms with Gasteiger partial charge in [0.15, 0.2) is 0 Å². The SMILES string of the molecule is CC(COCc1ccccc1)C(C)(Oc1ccc(O)cc1)C(=O)O. The summed E-state index contributed by atoms with van der Waals surface area (Å²) in [5.74, 6) is -0.967. The van der Waals surface area contributed by atoms with Crippen LogP contribution in [0.1, 0.15) is 19.4 Å². The third-order valence-electron chi connectivity index (χ3n) is 4.01. The highest BCUT2D eigenvalue weighted by molar-refractivity contribution is 5.77. The second-order valence-electron chi connectivity index (χ2n) is 5.91. The molecule has 5 nitrogen and oxygen atoms in total. The van der Waals surface area contributed by atoms with Gasteiger partial charge in [0.05, 0.1) is 13.2 Å². The molecule has 2 rings (SSSR count). The lowest BCUT2D eigenvalue weighted by atomic mass is 9.91. The average Bonchev–Trinajstić information content (AvgIpc) is 2.57. The lowest BCUT2D eigenvalue weighted by Crippen LogP contribution is -2.49. The molecule has 2 N–H and O–H groups in total. The minimum atomic E-state index is -1.44. The minimum Gasteiger partial charge on any atom is -0.508 e. The molecule has 0 radical (unpaired) electrons. The molecular formula is C19H22O5. The molecule has 2 aromatic rings. The van der Waals surface area contributed by atoms with Crippen LogP contribution in [0.5, 0.6) is 11.5 Å². The van der Waals surface area contributed by atoms with E-state index in [2.05, 4.69) is 0 Å². The van der Waals surface area contributed by atoms with E-state index in [9.17, 15) is 15.0 Å². The van der Waals surface area contributed by atoms with Crippen LogP contribution in [0.3, 0.4) is 0 Å². The molecule has 24 heavy (non-hydrogen) atoms. The highest BCUT2D eigenvalue weighted by Crippen LogP contribution is 2.27. The van der Waals surface area contributed by atoms with Crippen molar-refractivity contribution in [2.75, 3.05) is 6.61 Å². The molecule has 2 atom stereocenters. The fourth-order valence-electron chi connectivity index (χ4n) is 2.20. The Morgan fingerprint density at radius 3 is 2.33 bits per heavy atom. The summed E-state index contributed by atoms with van der Waals surface area (Å²) < 4.78 is 11.3. The van der Waals surface area contributed by atoms with E-state index < -0.39 is 11.6 Å². The summed E-state index contributed by atoms with van der Waals surface area (Å²) in [4.78, 5) is 11.7. The smallest absolute Gasteiger partial charge is 0.348 e. The lowest BCUT2D eigenvalue weighted by Gasteiger charge is -2.32. The Bertz CT molecular complexity index is 653. The van der Waals surface area contributed by atoms with Gasteiger partial charge >= 0.3 is 5.97 Å². The van der Waals surface area contributed by atoms with Crippen molar-refractivity contribution < 1.29 is 24.5 Å². The Morgan fingerprint density at radius 2 is 1.75 bits per heavy atom. The van der Waals surface area contributed by atoms with Crippen LogP contribution in [-0.4, -0.2) is 28.4 Å². The normalized spacial score (nSPS) is 14.6. The van der Waals surface area contributed by atoms with E-state index in [0.29, 0.717) is 12.4 Å². The number of aliphatic carboxylic acids is 1. The first kappa shape index (κ1) is 17.8. The van der Waals surface area contributed by atoms with Gasteiger partial charge < -0.3 is 19.7 Å². The highest BCUT2D eigenvalue weighted by atomic mass is 16.5. The monoisotopic (exact) mass is 330 g/mol. The molecule has 0 saturated heterocycles. The highest BCUT2D eigenvalue weighted by Gasteiger charge is 2.41. The first-order valence-corrected chi connectivity index (χ1v) is 7.75. The van der Waals surface area contributed by atoms with E-state index in [0.717, 1.165) is 5.56 Å². The quantitative estimate of drug-likeness (QED) is 0.775. The topological polar surface area (TPSA) is 76.0 Å². The summed E-state index contributed by atoms with van der Waals surface area (Å²) in [6, 6.07) is 15.7. The van der Waals surface area contributed by atoms with E-state index in [4.69, 9.17) is 9.47 Å². The maximum Gasteiger partial charge on any atom is 0.348 e. The Balaban J connectivity index is 1.99. The van der Waals surface area contributed by atoms with Crippen LogP contribution in [0.25, 0.3) is 0 Å². The second kappa shape index (κ2) is 7.84. The van der Waals surface area contributed by atoms with E-state index in [1.54, 1.807) is 6.92 Å². The number of phenols is 1. The van der Waals surface area contributed by atoms with Crippen LogP contribution >= 0.6 is 0 Å². The summed E-state index contributed by atoms with van der Waals surface area (Å²) in [6.07, 6.45) is 0. The van der Waals surface area contributed by atoms with Crippen molar-refractivity contribution in [3.8, 4) is 11.5 Å². The van der Waals surface area contributed by atoms with Gasteiger partial charge in [0.2, 0.25) is 5.60 Å². The van der Waals surface area contributed by atoms with Gasteiger partial charge in [-0.1, -0.05) is 37.3 Å². The lowest BCUT2D eigenvalue weighted by molar-refractivity contribution is -0.160. The van der Waals surface area contributed by atoms with Crippen LogP contribution in [-0.2, 0) is 16.1 Å². The predicted octanol–water partition coefficient (Wildman–Crippen LogP) is 3.47. The molecule has 0 spiro atoms. The Morgan fingerprint density at radius 1 is 1.12 bits per heavy atom. The summed E-state index contributed by atoms with van der Waals surface area (Å²) in [5, 5.41) is 18.9. The van der Waals surface area contributed by atoms with Crippen molar-refractivity contribution in [3.05, 3.63) is 60.2 Å². The third kappa shape index (κ3) is 4.49. The largest absolute Gasteiger partial charge is 0.508 e. The predicted molar refractivity (Wildman–Crippen MR) is 90.0 cm³/mol. The number of phenolic OH excluding ortho intramolecular Hbond substituents is 1. The molecule has 2 aromatic carbocycles. The molecule has 0 aliphatic heterocycles. The Hall–Kier alpha value is -2.53. The Kier molecular flexibility index (Phi) is 5.82. The van der Waals surface area contributed by atoms with Crippen LogP contribution in [0.4, 0.5) is 0 Å². The molecule has 0 fully saturated rings. The molecule has 0 aliphatic rings. The van der Waals surface area contributed by atoms with Gasteiger partial charge in [0, 0.05) is 5.92 Å². The number of benzene rings is 2. The van der Waals surface area contributed by atoms with E-state index in [1.165, 1.54) is 31.2 Å². The van der Waals surface area contributed by atoms with Crippen molar-refractivity contribution in [2.24, 2.45) is 5.92 Å². The van der Waals surface area contributed by atoms with Gasteiger partial charge in [-0.05, 0) is 36.8 Å². The average molecular weight is 330 g/mol. The number of carboxylic acid groups (broad SMARTS) is 1. The van der Waals surface area contributed by atoms with Crippen LogP contribution in [0.2, 0.25) is 0 Å². The van der Waals surface area contributed by atoms with E-state index in [1.807, 2.05) is 30.3 Å². The molecule has 5 heteroatoms. The van der Waals surface area contributed by atoms with Gasteiger partial charge in [-0.3, -0.25) is 0 Å². The number of carboxylic acids is 1. The van der Waals surface area contributed by atoms with Crippen molar-refractivity contribution in [1.29, 1.82) is 0 Å². The number of ether oxygens (including phenoxy) is 2. The fraction of sp³-hybridized carbons (Fsp3) is 0.316. The van der Waals surface area contributed by atoms with Gasteiger partial charge in [-0.2, -0.15) is 0 Å². The number of aromatic hydroxyl groups is 1. The zero-order chi connectivity index (χ0) is 17.6. The van der Waals surface area contributed by atoms with Gasteiger partial charge in [0.25, 0.3) is 0 Å². The van der Waals surface area contributed by atoms with E-state index in [-0.39, 0.29) is 18.3 Å². The van der Waals surface area contributed by atoms with Gasteiger partial charge in [0.1, 0.15) is 11.5 Å². The third-order valence-corrected chi connectivity index (χ3v) is 4.01. The van der Waals surface area contributed by atoms with Crippen molar-refractivity contribution in [3.63, 3.8) is 0 Å². The molecule has 0 amide bonds. The van der Waals surface area contributed by atoms with Crippen LogP contribution in [0, 0.1) is 5.92 Å². The van der Waals surface area contributed by atoms with Gasteiger partial charge in [-0.15, -0.1) is 0 Å². The van der Waals surface area contributed by atoms with Crippen molar-refractivity contribution in [2.45, 2.75) is 26.1 Å². The molecule has 0 aromatic heterocycles. The van der Waals surface area contributed by atoms with Crippen LogP contribution < -0.4 is 4.74 Å². The molecule has 0 aliphatic carbocycles. The number of hydrogen-bond donors (Lipinski definition) is 2. The zero-order valence-corrected chi connectivity index (χ0v) is 13.8. The molecular weight excluding hydrogens is 308 g/mol. The summed E-state index contributed by atoms with van der Waals surface area (Å²) >= 11 is 0. The summed E-state index contributed by atoms with van der Waals surface area (Å²) in [6.45, 7) is 3.97. The molecule has 0 saturated carbocycles. The summed E-state index contributed by atoms with van der Waals surface area (Å²) in [5.41, 5.74) is -0.408. The molecule has 0 heterocycles. The maximum atomic E-state index is 11.7. The number of hydrogen-bond acceptors (Lipinski definition) is 4. The standard InChI is InChI=1S/C19H22O5/c1-14(12-23-13-15-6-4-3-5-7-15)19(2,18(21)22)24-17-10-8-16(20)9-11-17/h3-11,14,20H,12-13H2,1-2H3,(H,21,22). The molecule has 2 unspecified atom stereocenters. The first-order chi connectivity index (χ1) is 11.4. The number of carbonyl (C=O) groups is 1.